The second-order valence-electron chi connectivity index (χ2n) is 4.74. The van der Waals surface area contributed by atoms with Crippen molar-refractivity contribution >= 4 is 25.5 Å². The van der Waals surface area contributed by atoms with E-state index in [0.29, 0.717) is 0 Å². The van der Waals surface area contributed by atoms with Crippen LogP contribution in [0.3, 0.4) is 0 Å². The standard InChI is InChI=1S/C11H15FN2O4S2/c1-14(8-5-6-19(15,16)7-8)20(17,18)11-9(12)3-2-4-10(11)13/h2-4,8H,5-7,13H2,1H3. The van der Waals surface area contributed by atoms with Crippen LogP contribution in [0.15, 0.2) is 23.1 Å². The lowest BCUT2D eigenvalue weighted by atomic mass is 10.3. The van der Waals surface area contributed by atoms with Gasteiger partial charge in [0.25, 0.3) is 0 Å². The SMILES string of the molecule is CN(C1CCS(=O)(=O)C1)S(=O)(=O)c1c(N)cccc1F. The smallest absolute Gasteiger partial charge is 0.248 e. The van der Waals surface area contributed by atoms with Gasteiger partial charge < -0.3 is 5.73 Å². The van der Waals surface area contributed by atoms with Crippen LogP contribution in [0, 0.1) is 5.82 Å². The first kappa shape index (κ1) is 15.2. The third kappa shape index (κ3) is 2.65. The maximum atomic E-state index is 13.7. The molecule has 0 aromatic heterocycles. The normalized spacial score (nSPS) is 22.2. The fraction of sp³-hybridized carbons (Fsp3) is 0.455. The first-order chi connectivity index (χ1) is 9.15. The second kappa shape index (κ2) is 4.97. The van der Waals surface area contributed by atoms with Crippen molar-refractivity contribution in [1.82, 2.24) is 4.31 Å². The molecule has 6 nitrogen and oxygen atoms in total. The molecule has 2 rings (SSSR count). The summed E-state index contributed by atoms with van der Waals surface area (Å²) in [4.78, 5) is -0.605. The van der Waals surface area contributed by atoms with Crippen molar-refractivity contribution in [1.29, 1.82) is 0 Å². The third-order valence-corrected chi connectivity index (χ3v) is 7.11. The van der Waals surface area contributed by atoms with E-state index in [0.717, 1.165) is 10.4 Å². The molecule has 112 valence electrons. The van der Waals surface area contributed by atoms with E-state index in [9.17, 15) is 21.2 Å². The van der Waals surface area contributed by atoms with Crippen molar-refractivity contribution in [3.8, 4) is 0 Å². The third-order valence-electron chi connectivity index (χ3n) is 3.36. The summed E-state index contributed by atoms with van der Waals surface area (Å²) in [5.74, 6) is -1.26. The van der Waals surface area contributed by atoms with Gasteiger partial charge in [0, 0.05) is 13.1 Å². The monoisotopic (exact) mass is 322 g/mol. The van der Waals surface area contributed by atoms with Crippen molar-refractivity contribution in [2.45, 2.75) is 17.4 Å². The molecule has 0 bridgehead atoms. The fourth-order valence-electron chi connectivity index (χ4n) is 2.20. The van der Waals surface area contributed by atoms with Crippen LogP contribution in [-0.4, -0.2) is 45.7 Å². The number of nitrogens with two attached hydrogens (primary N) is 1. The molecule has 0 amide bonds. The zero-order valence-electron chi connectivity index (χ0n) is 10.8. The van der Waals surface area contributed by atoms with Crippen LogP contribution in [0.1, 0.15) is 6.42 Å². The van der Waals surface area contributed by atoms with Gasteiger partial charge in [0.15, 0.2) is 9.84 Å². The number of hydrogen-bond donors (Lipinski definition) is 1. The van der Waals surface area contributed by atoms with Crippen LogP contribution in [0.25, 0.3) is 0 Å². The van der Waals surface area contributed by atoms with Gasteiger partial charge in [-0.25, -0.2) is 21.2 Å². The zero-order valence-corrected chi connectivity index (χ0v) is 12.4. The van der Waals surface area contributed by atoms with Crippen molar-refractivity contribution in [2.24, 2.45) is 0 Å². The first-order valence-electron chi connectivity index (χ1n) is 5.87. The quantitative estimate of drug-likeness (QED) is 0.803. The van der Waals surface area contributed by atoms with E-state index in [1.165, 1.54) is 19.2 Å². The summed E-state index contributed by atoms with van der Waals surface area (Å²) in [6.07, 6.45) is 0.201. The summed E-state index contributed by atoms with van der Waals surface area (Å²) in [6, 6.07) is 2.91. The second-order valence-corrected chi connectivity index (χ2v) is 8.90. The number of hydrogen-bond acceptors (Lipinski definition) is 5. The molecule has 1 saturated heterocycles. The molecule has 9 heteroatoms. The Labute approximate surface area is 117 Å². The van der Waals surface area contributed by atoms with Crippen molar-refractivity contribution in [3.63, 3.8) is 0 Å². The molecular weight excluding hydrogens is 307 g/mol. The summed E-state index contributed by atoms with van der Waals surface area (Å²) in [7, 11) is -6.16. The molecular formula is C11H15FN2O4S2. The lowest BCUT2D eigenvalue weighted by Crippen LogP contribution is -2.38. The van der Waals surface area contributed by atoms with Gasteiger partial charge in [-0.1, -0.05) is 6.07 Å². The predicted octanol–water partition coefficient (Wildman–Crippen LogP) is 0.215. The number of halogens is 1. The average molecular weight is 322 g/mol. The lowest BCUT2D eigenvalue weighted by Gasteiger charge is -2.23. The minimum atomic E-state index is -4.17. The Morgan fingerprint density at radius 3 is 2.55 bits per heavy atom. The number of anilines is 1. The minimum absolute atomic E-state index is 0.0652. The molecule has 1 heterocycles. The summed E-state index contributed by atoms with van der Waals surface area (Å²) < 4.78 is 62.2. The molecule has 1 fully saturated rings. The van der Waals surface area contributed by atoms with E-state index in [1.54, 1.807) is 0 Å². The number of nitrogen functional groups attached to an aromatic ring is 1. The van der Waals surface area contributed by atoms with Crippen molar-refractivity contribution < 1.29 is 21.2 Å². The Kier molecular flexibility index (Phi) is 3.78. The molecule has 0 saturated carbocycles. The van der Waals surface area contributed by atoms with E-state index in [1.807, 2.05) is 0 Å². The Balaban J connectivity index is 2.41. The molecule has 0 aliphatic carbocycles. The average Bonchev–Trinajstić information content (AvgIpc) is 2.68. The van der Waals surface area contributed by atoms with Crippen LogP contribution in [0.2, 0.25) is 0 Å². The maximum absolute atomic E-state index is 13.7. The Morgan fingerprint density at radius 1 is 1.40 bits per heavy atom. The maximum Gasteiger partial charge on any atom is 0.248 e. The van der Waals surface area contributed by atoms with Gasteiger partial charge >= 0.3 is 0 Å². The first-order valence-corrected chi connectivity index (χ1v) is 9.14. The highest BCUT2D eigenvalue weighted by molar-refractivity contribution is 7.92. The van der Waals surface area contributed by atoms with Gasteiger partial charge in [-0.3, -0.25) is 0 Å². The molecule has 0 radical (unpaired) electrons. The minimum Gasteiger partial charge on any atom is -0.398 e. The number of rotatable bonds is 3. The van der Waals surface area contributed by atoms with E-state index in [4.69, 9.17) is 5.73 Å². The Bertz CT molecular complexity index is 711. The summed E-state index contributed by atoms with van der Waals surface area (Å²) >= 11 is 0. The highest BCUT2D eigenvalue weighted by Gasteiger charge is 2.38. The van der Waals surface area contributed by atoms with Crippen LogP contribution in [0.5, 0.6) is 0 Å². The van der Waals surface area contributed by atoms with Gasteiger partial charge in [0.05, 0.1) is 17.2 Å². The van der Waals surface area contributed by atoms with Crippen LogP contribution >= 0.6 is 0 Å². The summed E-state index contributed by atoms with van der Waals surface area (Å²) in [6.45, 7) is 0. The van der Waals surface area contributed by atoms with Gasteiger partial charge in [-0.05, 0) is 18.6 Å². The number of sulfone groups is 1. The highest BCUT2D eigenvalue weighted by Crippen LogP contribution is 2.28. The van der Waals surface area contributed by atoms with E-state index in [-0.39, 0.29) is 23.6 Å². The van der Waals surface area contributed by atoms with Crippen LogP contribution in [-0.2, 0) is 19.9 Å². The van der Waals surface area contributed by atoms with Gasteiger partial charge in [-0.15, -0.1) is 0 Å². The molecule has 2 N–H and O–H groups in total. The zero-order chi connectivity index (χ0) is 15.1. The summed E-state index contributed by atoms with van der Waals surface area (Å²) in [5, 5.41) is 0. The van der Waals surface area contributed by atoms with Gasteiger partial charge in [0.2, 0.25) is 10.0 Å². The number of benzene rings is 1. The van der Waals surface area contributed by atoms with E-state index >= 15 is 0 Å². The van der Waals surface area contributed by atoms with Gasteiger partial charge in [0.1, 0.15) is 10.7 Å². The predicted molar refractivity (Wildman–Crippen MR) is 72.8 cm³/mol. The molecule has 1 unspecified atom stereocenters. The molecule has 0 spiro atoms. The molecule has 1 aromatic rings. The van der Waals surface area contributed by atoms with E-state index in [2.05, 4.69) is 0 Å². The highest BCUT2D eigenvalue weighted by atomic mass is 32.2. The molecule has 1 aliphatic rings. The van der Waals surface area contributed by atoms with Gasteiger partial charge in [-0.2, -0.15) is 4.31 Å². The summed E-state index contributed by atoms with van der Waals surface area (Å²) in [5.41, 5.74) is 5.34. The van der Waals surface area contributed by atoms with Crippen LogP contribution < -0.4 is 5.73 Å². The van der Waals surface area contributed by atoms with Crippen molar-refractivity contribution in [3.05, 3.63) is 24.0 Å². The number of sulfonamides is 1. The molecule has 1 aromatic carbocycles. The van der Waals surface area contributed by atoms with E-state index < -0.39 is 36.6 Å². The lowest BCUT2D eigenvalue weighted by molar-refractivity contribution is 0.391. The topological polar surface area (TPSA) is 97.5 Å². The molecule has 1 aliphatic heterocycles. The fourth-order valence-corrected chi connectivity index (χ4v) is 5.61. The van der Waals surface area contributed by atoms with Crippen molar-refractivity contribution in [2.75, 3.05) is 24.3 Å². The Hall–Kier alpha value is -1.19. The Morgan fingerprint density at radius 2 is 2.05 bits per heavy atom. The number of nitrogens with zero attached hydrogens (tertiary/aromatic N) is 1. The largest absolute Gasteiger partial charge is 0.398 e. The molecule has 1 atom stereocenters. The van der Waals surface area contributed by atoms with Crippen LogP contribution in [0.4, 0.5) is 10.1 Å². The molecule has 20 heavy (non-hydrogen) atoms.